The smallest absolute Gasteiger partial charge is 0.420 e. The summed E-state index contributed by atoms with van der Waals surface area (Å²) < 4.78 is 45.6. The normalized spacial score (nSPS) is 22.0. The Morgan fingerprint density at radius 2 is 2.04 bits per heavy atom. The minimum absolute atomic E-state index is 0.0561. The summed E-state index contributed by atoms with van der Waals surface area (Å²) in [5.41, 5.74) is -0.0258. The Morgan fingerprint density at radius 1 is 1.29 bits per heavy atom. The van der Waals surface area contributed by atoms with Gasteiger partial charge >= 0.3 is 6.18 Å². The van der Waals surface area contributed by atoms with E-state index >= 15 is 0 Å². The summed E-state index contributed by atoms with van der Waals surface area (Å²) in [4.78, 5) is 4.25. The van der Waals surface area contributed by atoms with Gasteiger partial charge in [-0.05, 0) is 36.5 Å². The molecule has 1 aliphatic carbocycles. The fourth-order valence-electron chi connectivity index (χ4n) is 3.37. The van der Waals surface area contributed by atoms with Crippen molar-refractivity contribution in [2.75, 3.05) is 0 Å². The van der Waals surface area contributed by atoms with E-state index in [9.17, 15) is 13.2 Å². The molecule has 6 heteroatoms. The lowest BCUT2D eigenvalue weighted by atomic mass is 10.0. The molecule has 2 atom stereocenters. The summed E-state index contributed by atoms with van der Waals surface area (Å²) in [5, 5.41) is 3.39. The van der Waals surface area contributed by atoms with Gasteiger partial charge in [0.25, 0.3) is 0 Å². The standard InChI is InChI=1S/C18H23F3N2O/c1-10(2)17-23-15-8-12(9-22-14-6-4-5-11(14)3)7-13(16(15)24-17)18(19,20)21/h7-8,10-11,14,22H,4-6,9H2,1-3H3. The fourth-order valence-corrected chi connectivity index (χ4v) is 3.37. The van der Waals surface area contributed by atoms with Crippen molar-refractivity contribution in [1.29, 1.82) is 0 Å². The van der Waals surface area contributed by atoms with Crippen molar-refractivity contribution in [2.24, 2.45) is 5.92 Å². The third kappa shape index (κ3) is 3.43. The van der Waals surface area contributed by atoms with Crippen molar-refractivity contribution in [3.8, 4) is 0 Å². The molecule has 2 unspecified atom stereocenters. The first-order valence-electron chi connectivity index (χ1n) is 8.49. The van der Waals surface area contributed by atoms with Crippen LogP contribution in [0.3, 0.4) is 0 Å². The minimum Gasteiger partial charge on any atom is -0.440 e. The third-order valence-electron chi connectivity index (χ3n) is 4.80. The second-order valence-electron chi connectivity index (χ2n) is 7.09. The largest absolute Gasteiger partial charge is 0.440 e. The van der Waals surface area contributed by atoms with Crippen molar-refractivity contribution in [3.05, 3.63) is 29.2 Å². The van der Waals surface area contributed by atoms with Crippen LogP contribution in [0.2, 0.25) is 0 Å². The second kappa shape index (κ2) is 6.39. The van der Waals surface area contributed by atoms with Gasteiger partial charge in [-0.2, -0.15) is 13.2 Å². The molecule has 1 aromatic carbocycles. The lowest BCUT2D eigenvalue weighted by Gasteiger charge is -2.18. The van der Waals surface area contributed by atoms with Gasteiger partial charge in [0.2, 0.25) is 0 Å². The van der Waals surface area contributed by atoms with E-state index in [1.807, 2.05) is 13.8 Å². The molecule has 0 spiro atoms. The predicted octanol–water partition coefficient (Wildman–Crippen LogP) is 5.25. The van der Waals surface area contributed by atoms with Crippen LogP contribution in [0.25, 0.3) is 11.1 Å². The quantitative estimate of drug-likeness (QED) is 0.826. The molecule has 0 aliphatic heterocycles. The molecule has 0 radical (unpaired) electrons. The number of benzene rings is 1. The number of rotatable bonds is 4. The predicted molar refractivity (Wildman–Crippen MR) is 86.7 cm³/mol. The average Bonchev–Trinajstić information content (AvgIpc) is 3.09. The number of hydrogen-bond acceptors (Lipinski definition) is 3. The first-order valence-corrected chi connectivity index (χ1v) is 8.49. The van der Waals surface area contributed by atoms with Gasteiger partial charge in [0, 0.05) is 18.5 Å². The lowest BCUT2D eigenvalue weighted by molar-refractivity contribution is -0.136. The zero-order chi connectivity index (χ0) is 17.5. The highest BCUT2D eigenvalue weighted by Crippen LogP contribution is 2.37. The maximum absolute atomic E-state index is 13.4. The van der Waals surface area contributed by atoms with Crippen molar-refractivity contribution in [3.63, 3.8) is 0 Å². The Kier molecular flexibility index (Phi) is 4.60. The van der Waals surface area contributed by atoms with Gasteiger partial charge in [-0.25, -0.2) is 4.98 Å². The van der Waals surface area contributed by atoms with E-state index in [-0.39, 0.29) is 17.0 Å². The van der Waals surface area contributed by atoms with Gasteiger partial charge in [0.15, 0.2) is 11.5 Å². The van der Waals surface area contributed by atoms with Crippen LogP contribution < -0.4 is 5.32 Å². The van der Waals surface area contributed by atoms with E-state index in [2.05, 4.69) is 17.2 Å². The molecular formula is C18H23F3N2O. The van der Waals surface area contributed by atoms with Crippen LogP contribution in [0.5, 0.6) is 0 Å². The molecule has 0 bridgehead atoms. The SMILES string of the molecule is CC(C)c1nc2cc(CNC3CCCC3C)cc(C(F)(F)F)c2o1. The van der Waals surface area contributed by atoms with Crippen LogP contribution in [-0.2, 0) is 12.7 Å². The Labute approximate surface area is 139 Å². The van der Waals surface area contributed by atoms with Gasteiger partial charge in [0.1, 0.15) is 11.1 Å². The highest BCUT2D eigenvalue weighted by atomic mass is 19.4. The molecule has 1 fully saturated rings. The Bertz CT molecular complexity index is 721. The Hall–Kier alpha value is -1.56. The number of aromatic nitrogens is 1. The van der Waals surface area contributed by atoms with E-state index in [1.54, 1.807) is 6.07 Å². The average molecular weight is 340 g/mol. The fraction of sp³-hybridized carbons (Fsp3) is 0.611. The number of halogens is 3. The van der Waals surface area contributed by atoms with E-state index in [0.717, 1.165) is 6.42 Å². The summed E-state index contributed by atoms with van der Waals surface area (Å²) in [6.07, 6.45) is -1.03. The number of hydrogen-bond donors (Lipinski definition) is 1. The molecule has 1 saturated carbocycles. The molecule has 2 aromatic rings. The summed E-state index contributed by atoms with van der Waals surface area (Å²) >= 11 is 0. The summed E-state index contributed by atoms with van der Waals surface area (Å²) in [7, 11) is 0. The molecule has 3 rings (SSSR count). The molecule has 3 nitrogen and oxygen atoms in total. The number of nitrogens with zero attached hydrogens (tertiary/aromatic N) is 1. The first kappa shape index (κ1) is 17.3. The molecule has 1 N–H and O–H groups in total. The highest BCUT2D eigenvalue weighted by molar-refractivity contribution is 5.78. The third-order valence-corrected chi connectivity index (χ3v) is 4.80. The van der Waals surface area contributed by atoms with Crippen molar-refractivity contribution in [2.45, 2.75) is 64.7 Å². The maximum atomic E-state index is 13.4. The highest BCUT2D eigenvalue weighted by Gasteiger charge is 2.35. The molecular weight excluding hydrogens is 317 g/mol. The zero-order valence-corrected chi connectivity index (χ0v) is 14.2. The molecule has 0 amide bonds. The van der Waals surface area contributed by atoms with E-state index < -0.39 is 11.7 Å². The lowest BCUT2D eigenvalue weighted by Crippen LogP contribution is -2.30. The summed E-state index contributed by atoms with van der Waals surface area (Å²) in [6, 6.07) is 3.26. The number of fused-ring (bicyclic) bond motifs is 1. The van der Waals surface area contributed by atoms with Crippen LogP contribution in [0, 0.1) is 5.92 Å². The topological polar surface area (TPSA) is 38.1 Å². The van der Waals surface area contributed by atoms with E-state index in [0.29, 0.717) is 30.0 Å². The van der Waals surface area contributed by atoms with E-state index in [4.69, 9.17) is 4.42 Å². The molecule has 0 saturated heterocycles. The van der Waals surface area contributed by atoms with Gasteiger partial charge in [0.05, 0.1) is 0 Å². The van der Waals surface area contributed by atoms with Crippen molar-refractivity contribution >= 4 is 11.1 Å². The first-order chi connectivity index (χ1) is 11.3. The van der Waals surface area contributed by atoms with Crippen LogP contribution in [-0.4, -0.2) is 11.0 Å². The maximum Gasteiger partial charge on any atom is 0.420 e. The van der Waals surface area contributed by atoms with Crippen LogP contribution in [0.4, 0.5) is 13.2 Å². The second-order valence-corrected chi connectivity index (χ2v) is 7.09. The Balaban J connectivity index is 1.93. The molecule has 1 aromatic heterocycles. The number of nitrogens with one attached hydrogen (secondary N) is 1. The van der Waals surface area contributed by atoms with Gasteiger partial charge in [-0.15, -0.1) is 0 Å². The van der Waals surface area contributed by atoms with Crippen molar-refractivity contribution in [1.82, 2.24) is 10.3 Å². The van der Waals surface area contributed by atoms with E-state index in [1.165, 1.54) is 18.9 Å². The van der Waals surface area contributed by atoms with Crippen LogP contribution in [0.15, 0.2) is 16.5 Å². The Morgan fingerprint density at radius 3 is 2.62 bits per heavy atom. The van der Waals surface area contributed by atoms with Gasteiger partial charge in [-0.1, -0.05) is 27.2 Å². The van der Waals surface area contributed by atoms with Gasteiger partial charge in [-0.3, -0.25) is 0 Å². The number of alkyl halides is 3. The monoisotopic (exact) mass is 340 g/mol. The molecule has 24 heavy (non-hydrogen) atoms. The van der Waals surface area contributed by atoms with Crippen molar-refractivity contribution < 1.29 is 17.6 Å². The summed E-state index contributed by atoms with van der Waals surface area (Å²) in [5.74, 6) is 0.847. The molecule has 132 valence electrons. The van der Waals surface area contributed by atoms with Gasteiger partial charge < -0.3 is 9.73 Å². The zero-order valence-electron chi connectivity index (χ0n) is 14.2. The van der Waals surface area contributed by atoms with Crippen LogP contribution in [0.1, 0.15) is 63.0 Å². The summed E-state index contributed by atoms with van der Waals surface area (Å²) in [6.45, 7) is 6.29. The minimum atomic E-state index is -4.46. The number of oxazole rings is 1. The van der Waals surface area contributed by atoms with Crippen LogP contribution >= 0.6 is 0 Å². The molecule has 1 heterocycles. The molecule has 1 aliphatic rings.